The van der Waals surface area contributed by atoms with Crippen molar-refractivity contribution in [3.8, 4) is 17.2 Å². The molecule has 9 heteroatoms. The molecule has 0 aliphatic rings. The lowest BCUT2D eigenvalue weighted by Crippen LogP contribution is -2.08. The van der Waals surface area contributed by atoms with E-state index in [4.69, 9.17) is 4.52 Å². The summed E-state index contributed by atoms with van der Waals surface area (Å²) in [7, 11) is 0. The maximum Gasteiger partial charge on any atom is 0.227 e. The Balaban J connectivity index is 1.27. The van der Waals surface area contributed by atoms with Crippen molar-refractivity contribution >= 4 is 5.82 Å². The number of aromatic nitrogens is 6. The molecule has 0 amide bonds. The SMILES string of the molecule is Cc1cc(C)n(-c2ccc(NCCCc3nc(-c4ccc(F)cc4)no3)nn2)n1. The summed E-state index contributed by atoms with van der Waals surface area (Å²) in [6.07, 6.45) is 1.41. The fourth-order valence-electron chi connectivity index (χ4n) is 2.92. The van der Waals surface area contributed by atoms with E-state index in [0.717, 1.165) is 23.4 Å². The molecule has 8 nitrogen and oxygen atoms in total. The Labute approximate surface area is 166 Å². The van der Waals surface area contributed by atoms with Gasteiger partial charge in [0.15, 0.2) is 5.82 Å². The molecule has 0 saturated carbocycles. The summed E-state index contributed by atoms with van der Waals surface area (Å²) in [5.41, 5.74) is 2.67. The highest BCUT2D eigenvalue weighted by molar-refractivity contribution is 5.53. The van der Waals surface area contributed by atoms with Gasteiger partial charge in [0.2, 0.25) is 11.7 Å². The topological polar surface area (TPSA) is 94.6 Å². The standard InChI is InChI=1S/C20H20FN7O/c1-13-12-14(2)28(26-13)18-10-9-17(24-25-18)22-11-3-4-19-23-20(27-29-19)15-5-7-16(21)8-6-15/h5-10,12H,3-4,11H2,1-2H3,(H,22,24). The molecule has 0 spiro atoms. The highest BCUT2D eigenvalue weighted by atomic mass is 19.1. The number of benzene rings is 1. The zero-order chi connectivity index (χ0) is 20.2. The van der Waals surface area contributed by atoms with Gasteiger partial charge in [-0.1, -0.05) is 5.16 Å². The van der Waals surface area contributed by atoms with Crippen molar-refractivity contribution in [1.29, 1.82) is 0 Å². The van der Waals surface area contributed by atoms with Crippen LogP contribution in [0.4, 0.5) is 10.2 Å². The highest BCUT2D eigenvalue weighted by Crippen LogP contribution is 2.17. The molecule has 3 aromatic heterocycles. The van der Waals surface area contributed by atoms with Gasteiger partial charge >= 0.3 is 0 Å². The van der Waals surface area contributed by atoms with Crippen LogP contribution < -0.4 is 5.32 Å². The van der Waals surface area contributed by atoms with Gasteiger partial charge in [0.25, 0.3) is 0 Å². The Morgan fingerprint density at radius 2 is 1.90 bits per heavy atom. The second-order valence-corrected chi connectivity index (χ2v) is 6.66. The predicted octanol–water partition coefficient (Wildman–Crippen LogP) is 3.51. The van der Waals surface area contributed by atoms with Crippen LogP contribution in [-0.2, 0) is 6.42 Å². The minimum atomic E-state index is -0.297. The maximum atomic E-state index is 13.0. The maximum absolute atomic E-state index is 13.0. The third-order valence-electron chi connectivity index (χ3n) is 4.32. The Kier molecular flexibility index (Phi) is 5.28. The average molecular weight is 393 g/mol. The normalized spacial score (nSPS) is 11.0. The molecule has 1 N–H and O–H groups in total. The van der Waals surface area contributed by atoms with E-state index < -0.39 is 0 Å². The van der Waals surface area contributed by atoms with E-state index in [-0.39, 0.29) is 5.82 Å². The Bertz CT molecular complexity index is 1090. The van der Waals surface area contributed by atoms with Gasteiger partial charge in [0.05, 0.1) is 5.69 Å². The van der Waals surface area contributed by atoms with Gasteiger partial charge in [0.1, 0.15) is 11.6 Å². The molecule has 0 atom stereocenters. The molecule has 0 bridgehead atoms. The first-order valence-corrected chi connectivity index (χ1v) is 9.28. The van der Waals surface area contributed by atoms with E-state index >= 15 is 0 Å². The second kappa shape index (κ2) is 8.17. The van der Waals surface area contributed by atoms with Crippen LogP contribution in [0.15, 0.2) is 47.0 Å². The van der Waals surface area contributed by atoms with Gasteiger partial charge in [-0.2, -0.15) is 10.1 Å². The molecule has 148 valence electrons. The van der Waals surface area contributed by atoms with Crippen LogP contribution in [0.1, 0.15) is 23.7 Å². The Morgan fingerprint density at radius 3 is 2.59 bits per heavy atom. The zero-order valence-electron chi connectivity index (χ0n) is 16.1. The lowest BCUT2D eigenvalue weighted by Gasteiger charge is -2.06. The third kappa shape index (κ3) is 4.45. The van der Waals surface area contributed by atoms with Gasteiger partial charge in [-0.3, -0.25) is 0 Å². The minimum Gasteiger partial charge on any atom is -0.369 e. The van der Waals surface area contributed by atoms with Crippen LogP contribution >= 0.6 is 0 Å². The first kappa shape index (κ1) is 18.7. The molecule has 3 heterocycles. The first-order valence-electron chi connectivity index (χ1n) is 9.28. The number of nitrogens with zero attached hydrogens (tertiary/aromatic N) is 6. The largest absolute Gasteiger partial charge is 0.369 e. The summed E-state index contributed by atoms with van der Waals surface area (Å²) in [6.45, 7) is 4.61. The van der Waals surface area contributed by atoms with Crippen LogP contribution in [0.2, 0.25) is 0 Å². The van der Waals surface area contributed by atoms with Crippen molar-refractivity contribution in [2.45, 2.75) is 26.7 Å². The van der Waals surface area contributed by atoms with Gasteiger partial charge in [-0.25, -0.2) is 9.07 Å². The van der Waals surface area contributed by atoms with Crippen molar-refractivity contribution < 1.29 is 8.91 Å². The second-order valence-electron chi connectivity index (χ2n) is 6.66. The van der Waals surface area contributed by atoms with Crippen molar-refractivity contribution in [3.63, 3.8) is 0 Å². The predicted molar refractivity (Wildman–Crippen MR) is 105 cm³/mol. The molecule has 0 saturated heterocycles. The number of nitrogens with one attached hydrogen (secondary N) is 1. The van der Waals surface area contributed by atoms with Crippen molar-refractivity contribution in [2.75, 3.05) is 11.9 Å². The third-order valence-corrected chi connectivity index (χ3v) is 4.32. The van der Waals surface area contributed by atoms with E-state index in [0.29, 0.717) is 36.3 Å². The highest BCUT2D eigenvalue weighted by Gasteiger charge is 2.09. The molecular weight excluding hydrogens is 373 g/mol. The summed E-state index contributed by atoms with van der Waals surface area (Å²) in [5.74, 6) is 2.07. The molecule has 29 heavy (non-hydrogen) atoms. The summed E-state index contributed by atoms with van der Waals surface area (Å²) in [5, 5.41) is 20.0. The summed E-state index contributed by atoms with van der Waals surface area (Å²) >= 11 is 0. The molecule has 0 radical (unpaired) electrons. The van der Waals surface area contributed by atoms with Crippen molar-refractivity contribution in [2.24, 2.45) is 0 Å². The summed E-state index contributed by atoms with van der Waals surface area (Å²) < 4.78 is 20.0. The zero-order valence-corrected chi connectivity index (χ0v) is 16.1. The van der Waals surface area contributed by atoms with E-state index in [1.165, 1.54) is 12.1 Å². The molecule has 4 rings (SSSR count). The minimum absolute atomic E-state index is 0.297. The van der Waals surface area contributed by atoms with Crippen molar-refractivity contribution in [1.82, 2.24) is 30.1 Å². The van der Waals surface area contributed by atoms with Crippen LogP contribution in [0.5, 0.6) is 0 Å². The molecule has 0 aliphatic heterocycles. The smallest absolute Gasteiger partial charge is 0.227 e. The molecular formula is C20H20FN7O. The lowest BCUT2D eigenvalue weighted by atomic mass is 10.2. The van der Waals surface area contributed by atoms with Crippen LogP contribution in [0, 0.1) is 19.7 Å². The lowest BCUT2D eigenvalue weighted by molar-refractivity contribution is 0.377. The first-order chi connectivity index (χ1) is 14.1. The van der Waals surface area contributed by atoms with E-state index in [2.05, 4.69) is 30.8 Å². The molecule has 0 aliphatic carbocycles. The molecule has 4 aromatic rings. The number of aryl methyl sites for hydroxylation is 3. The summed E-state index contributed by atoms with van der Waals surface area (Å²) in [6, 6.07) is 11.7. The van der Waals surface area contributed by atoms with E-state index in [1.54, 1.807) is 16.8 Å². The molecule has 0 fully saturated rings. The van der Waals surface area contributed by atoms with Gasteiger partial charge in [0, 0.05) is 24.2 Å². The number of rotatable bonds is 7. The van der Waals surface area contributed by atoms with E-state index in [1.807, 2.05) is 32.0 Å². The van der Waals surface area contributed by atoms with Crippen molar-refractivity contribution in [3.05, 3.63) is 65.6 Å². The Hall–Kier alpha value is -3.62. The number of halogens is 1. The average Bonchev–Trinajstić information content (AvgIpc) is 3.32. The monoisotopic (exact) mass is 393 g/mol. The molecule has 0 unspecified atom stereocenters. The Morgan fingerprint density at radius 1 is 1.07 bits per heavy atom. The van der Waals surface area contributed by atoms with Crippen LogP contribution in [0.25, 0.3) is 17.2 Å². The van der Waals surface area contributed by atoms with Gasteiger partial charge in [-0.05, 0) is 62.7 Å². The number of hydrogen-bond acceptors (Lipinski definition) is 7. The van der Waals surface area contributed by atoms with Gasteiger partial charge < -0.3 is 9.84 Å². The number of anilines is 1. The number of hydrogen-bond donors (Lipinski definition) is 1. The molecule has 1 aromatic carbocycles. The quantitative estimate of drug-likeness (QED) is 0.480. The fraction of sp³-hybridized carbons (Fsp3) is 0.250. The van der Waals surface area contributed by atoms with E-state index in [9.17, 15) is 4.39 Å². The summed E-state index contributed by atoms with van der Waals surface area (Å²) in [4.78, 5) is 4.34. The van der Waals surface area contributed by atoms with Gasteiger partial charge in [-0.15, -0.1) is 10.2 Å². The fourth-order valence-corrected chi connectivity index (χ4v) is 2.92. The van der Waals surface area contributed by atoms with Crippen LogP contribution in [-0.4, -0.2) is 36.7 Å². The van der Waals surface area contributed by atoms with Crippen LogP contribution in [0.3, 0.4) is 0 Å².